The molecule has 2 aromatic carbocycles. The molecule has 0 aromatic heterocycles. The number of rotatable bonds is 7. The maximum absolute atomic E-state index is 12.9. The van der Waals surface area contributed by atoms with Crippen molar-refractivity contribution in [2.45, 2.75) is 25.9 Å². The molecule has 2 rings (SSSR count). The van der Waals surface area contributed by atoms with Gasteiger partial charge in [0.05, 0.1) is 13.5 Å². The van der Waals surface area contributed by atoms with Crippen LogP contribution in [0.5, 0.6) is 5.75 Å². The second-order valence-corrected chi connectivity index (χ2v) is 6.88. The van der Waals surface area contributed by atoms with E-state index in [1.165, 1.54) is 0 Å². The Kier molecular flexibility index (Phi) is 7.21. The summed E-state index contributed by atoms with van der Waals surface area (Å²) < 4.78 is 6.11. The zero-order valence-corrected chi connectivity index (χ0v) is 16.7. The lowest BCUT2D eigenvalue weighted by Gasteiger charge is -2.28. The van der Waals surface area contributed by atoms with Crippen LogP contribution < -0.4 is 10.1 Å². The van der Waals surface area contributed by atoms with E-state index >= 15 is 0 Å². The molecule has 0 fully saturated rings. The third kappa shape index (κ3) is 5.33. The minimum atomic E-state index is -0.561. The van der Waals surface area contributed by atoms with E-state index in [1.54, 1.807) is 26.0 Å². The van der Waals surface area contributed by atoms with Crippen LogP contribution in [-0.4, -0.2) is 36.9 Å². The Morgan fingerprint density at radius 2 is 1.65 bits per heavy atom. The fraction of sp³-hybridized carbons (Fsp3) is 0.300. The van der Waals surface area contributed by atoms with E-state index in [0.717, 1.165) is 21.3 Å². The number of halogens is 1. The van der Waals surface area contributed by atoms with E-state index in [4.69, 9.17) is 4.74 Å². The maximum Gasteiger partial charge on any atom is 0.242 e. The molecule has 6 heteroatoms. The molecule has 0 aliphatic carbocycles. The van der Waals surface area contributed by atoms with Crippen molar-refractivity contribution in [2.75, 3.05) is 14.2 Å². The summed E-state index contributed by atoms with van der Waals surface area (Å²) in [5, 5.41) is 2.62. The van der Waals surface area contributed by atoms with Gasteiger partial charge in [0.1, 0.15) is 11.8 Å². The van der Waals surface area contributed by atoms with E-state index in [2.05, 4.69) is 21.2 Å². The molecule has 2 amide bonds. The van der Waals surface area contributed by atoms with Gasteiger partial charge in [-0.15, -0.1) is 0 Å². The summed E-state index contributed by atoms with van der Waals surface area (Å²) in [4.78, 5) is 26.6. The van der Waals surface area contributed by atoms with Crippen molar-refractivity contribution >= 4 is 27.7 Å². The lowest BCUT2D eigenvalue weighted by molar-refractivity contribution is -0.139. The number of likely N-dealkylation sites (N-methyl/N-ethyl adjacent to an activating group) is 1. The number of hydrogen-bond donors (Lipinski definition) is 1. The summed E-state index contributed by atoms with van der Waals surface area (Å²) in [7, 11) is 3.18. The monoisotopic (exact) mass is 418 g/mol. The first-order chi connectivity index (χ1) is 12.4. The average Bonchev–Trinajstić information content (AvgIpc) is 2.66. The normalized spacial score (nSPS) is 11.5. The van der Waals surface area contributed by atoms with Crippen LogP contribution in [0.3, 0.4) is 0 Å². The fourth-order valence-corrected chi connectivity index (χ4v) is 2.86. The summed E-state index contributed by atoms with van der Waals surface area (Å²) in [5.74, 6) is 0.450. The van der Waals surface area contributed by atoms with Crippen molar-refractivity contribution in [3.05, 3.63) is 64.1 Å². The van der Waals surface area contributed by atoms with Crippen molar-refractivity contribution < 1.29 is 14.3 Å². The summed E-state index contributed by atoms with van der Waals surface area (Å²) in [6, 6.07) is 14.5. The minimum absolute atomic E-state index is 0.103. The molecular weight excluding hydrogens is 396 g/mol. The SMILES string of the molecule is CNC(=O)C(C)N(Cc1ccc(Br)cc1)C(=O)Cc1ccc(OC)cc1. The Morgan fingerprint density at radius 1 is 1.08 bits per heavy atom. The highest BCUT2D eigenvalue weighted by atomic mass is 79.9. The van der Waals surface area contributed by atoms with Crippen LogP contribution in [0, 0.1) is 0 Å². The number of benzene rings is 2. The molecular formula is C20H23BrN2O3. The second-order valence-electron chi connectivity index (χ2n) is 5.96. The van der Waals surface area contributed by atoms with Crippen LogP contribution in [0.1, 0.15) is 18.1 Å². The van der Waals surface area contributed by atoms with Gasteiger partial charge in [-0.3, -0.25) is 9.59 Å². The highest BCUT2D eigenvalue weighted by Gasteiger charge is 2.25. The van der Waals surface area contributed by atoms with Gasteiger partial charge < -0.3 is 15.0 Å². The number of carbonyl (C=O) groups is 2. The van der Waals surface area contributed by atoms with Crippen molar-refractivity contribution in [3.8, 4) is 5.75 Å². The zero-order chi connectivity index (χ0) is 19.1. The van der Waals surface area contributed by atoms with Crippen LogP contribution in [0.4, 0.5) is 0 Å². The van der Waals surface area contributed by atoms with Crippen LogP contribution in [0.2, 0.25) is 0 Å². The van der Waals surface area contributed by atoms with E-state index in [0.29, 0.717) is 6.54 Å². The topological polar surface area (TPSA) is 58.6 Å². The van der Waals surface area contributed by atoms with Gasteiger partial charge in [-0.1, -0.05) is 40.2 Å². The van der Waals surface area contributed by atoms with Gasteiger partial charge in [0.15, 0.2) is 0 Å². The molecule has 5 nitrogen and oxygen atoms in total. The van der Waals surface area contributed by atoms with Gasteiger partial charge in [0.25, 0.3) is 0 Å². The molecule has 1 N–H and O–H groups in total. The standard InChI is InChI=1S/C20H23BrN2O3/c1-14(20(25)22-2)23(13-16-4-8-17(21)9-5-16)19(24)12-15-6-10-18(26-3)11-7-15/h4-11,14H,12-13H2,1-3H3,(H,22,25). The Bertz CT molecular complexity index is 745. The lowest BCUT2D eigenvalue weighted by Crippen LogP contribution is -2.47. The Hall–Kier alpha value is -2.34. The first kappa shape index (κ1) is 20.0. The molecule has 138 valence electrons. The van der Waals surface area contributed by atoms with Gasteiger partial charge in [-0.25, -0.2) is 0 Å². The summed E-state index contributed by atoms with van der Waals surface area (Å²) in [6.07, 6.45) is 0.224. The summed E-state index contributed by atoms with van der Waals surface area (Å²) in [5.41, 5.74) is 1.84. The predicted molar refractivity (Wildman–Crippen MR) is 105 cm³/mol. The van der Waals surface area contributed by atoms with Gasteiger partial charge >= 0.3 is 0 Å². The van der Waals surface area contributed by atoms with Crippen LogP contribution in [0.15, 0.2) is 53.0 Å². The van der Waals surface area contributed by atoms with Gasteiger partial charge in [0, 0.05) is 18.1 Å². The second kappa shape index (κ2) is 9.38. The van der Waals surface area contributed by atoms with Crippen molar-refractivity contribution in [1.82, 2.24) is 10.2 Å². The molecule has 0 radical (unpaired) electrons. The Balaban J connectivity index is 2.18. The largest absolute Gasteiger partial charge is 0.497 e. The minimum Gasteiger partial charge on any atom is -0.497 e. The van der Waals surface area contributed by atoms with Gasteiger partial charge in [0.2, 0.25) is 11.8 Å². The molecule has 2 aromatic rings. The lowest BCUT2D eigenvalue weighted by atomic mass is 10.1. The maximum atomic E-state index is 12.9. The average molecular weight is 419 g/mol. The summed E-state index contributed by atoms with van der Waals surface area (Å²) >= 11 is 3.41. The number of nitrogens with zero attached hydrogens (tertiary/aromatic N) is 1. The molecule has 0 heterocycles. The number of carbonyl (C=O) groups excluding carboxylic acids is 2. The summed E-state index contributed by atoms with van der Waals surface area (Å²) in [6.45, 7) is 2.11. The van der Waals surface area contributed by atoms with Gasteiger partial charge in [-0.05, 0) is 42.3 Å². The Labute approximate surface area is 162 Å². The Morgan fingerprint density at radius 3 is 2.19 bits per heavy atom. The highest BCUT2D eigenvalue weighted by molar-refractivity contribution is 9.10. The quantitative estimate of drug-likeness (QED) is 0.750. The fourth-order valence-electron chi connectivity index (χ4n) is 2.60. The third-order valence-corrected chi connectivity index (χ3v) is 4.72. The van der Waals surface area contributed by atoms with Crippen LogP contribution in [-0.2, 0) is 22.6 Å². The van der Waals surface area contributed by atoms with Crippen molar-refractivity contribution in [1.29, 1.82) is 0 Å². The third-order valence-electron chi connectivity index (χ3n) is 4.19. The number of amides is 2. The molecule has 1 atom stereocenters. The smallest absolute Gasteiger partial charge is 0.242 e. The van der Waals surface area contributed by atoms with E-state index in [-0.39, 0.29) is 18.2 Å². The van der Waals surface area contributed by atoms with Crippen molar-refractivity contribution in [3.63, 3.8) is 0 Å². The highest BCUT2D eigenvalue weighted by Crippen LogP contribution is 2.17. The number of nitrogens with one attached hydrogen (secondary N) is 1. The van der Waals surface area contributed by atoms with E-state index in [1.807, 2.05) is 48.5 Å². The first-order valence-electron chi connectivity index (χ1n) is 8.33. The molecule has 0 saturated heterocycles. The molecule has 0 bridgehead atoms. The van der Waals surface area contributed by atoms with E-state index in [9.17, 15) is 9.59 Å². The number of methoxy groups -OCH3 is 1. The zero-order valence-electron chi connectivity index (χ0n) is 15.2. The van der Waals surface area contributed by atoms with Crippen LogP contribution >= 0.6 is 15.9 Å². The molecule has 26 heavy (non-hydrogen) atoms. The first-order valence-corrected chi connectivity index (χ1v) is 9.12. The van der Waals surface area contributed by atoms with E-state index < -0.39 is 6.04 Å². The molecule has 0 saturated carbocycles. The number of ether oxygens (including phenoxy) is 1. The molecule has 1 unspecified atom stereocenters. The molecule has 0 aliphatic rings. The number of hydrogen-bond acceptors (Lipinski definition) is 3. The molecule has 0 aliphatic heterocycles. The van der Waals surface area contributed by atoms with Gasteiger partial charge in [-0.2, -0.15) is 0 Å². The van der Waals surface area contributed by atoms with Crippen LogP contribution in [0.25, 0.3) is 0 Å². The predicted octanol–water partition coefficient (Wildman–Crippen LogP) is 3.16. The van der Waals surface area contributed by atoms with Crippen molar-refractivity contribution in [2.24, 2.45) is 0 Å². The molecule has 0 spiro atoms.